The van der Waals surface area contributed by atoms with E-state index >= 15 is 0 Å². The third kappa shape index (κ3) is 5.45. The maximum absolute atomic E-state index is 13.4. The summed E-state index contributed by atoms with van der Waals surface area (Å²) < 4.78 is 33.4. The van der Waals surface area contributed by atoms with Crippen molar-refractivity contribution in [2.24, 2.45) is 5.92 Å². The van der Waals surface area contributed by atoms with Gasteiger partial charge in [-0.1, -0.05) is 24.3 Å². The molecule has 2 aromatic carbocycles. The van der Waals surface area contributed by atoms with E-state index in [4.69, 9.17) is 4.74 Å². The van der Waals surface area contributed by atoms with Gasteiger partial charge < -0.3 is 10.1 Å². The lowest BCUT2D eigenvalue weighted by atomic mass is 9.98. The van der Waals surface area contributed by atoms with Crippen LogP contribution in [0.25, 0.3) is 0 Å². The molecule has 0 atom stereocenters. The summed E-state index contributed by atoms with van der Waals surface area (Å²) in [4.78, 5) is 25.0. The number of hydrogen-bond donors (Lipinski definition) is 1. The molecule has 1 saturated heterocycles. The molecule has 178 valence electrons. The minimum absolute atomic E-state index is 0.239. The van der Waals surface area contributed by atoms with Crippen molar-refractivity contribution in [3.8, 4) is 0 Å². The predicted molar refractivity (Wildman–Crippen MR) is 128 cm³/mol. The first-order valence-electron chi connectivity index (χ1n) is 11.1. The van der Waals surface area contributed by atoms with Gasteiger partial charge in [-0.2, -0.15) is 4.31 Å². The van der Waals surface area contributed by atoms with Gasteiger partial charge in [0.15, 0.2) is 6.61 Å². The molecule has 0 aromatic heterocycles. The van der Waals surface area contributed by atoms with Gasteiger partial charge >= 0.3 is 5.97 Å². The second kappa shape index (κ2) is 10.1. The quantitative estimate of drug-likeness (QED) is 0.646. The van der Waals surface area contributed by atoms with Gasteiger partial charge in [-0.3, -0.25) is 9.59 Å². The molecule has 0 saturated carbocycles. The molecular formula is C25H32N2O5S. The molecule has 0 aliphatic carbocycles. The number of benzene rings is 2. The van der Waals surface area contributed by atoms with Crippen LogP contribution < -0.4 is 5.32 Å². The van der Waals surface area contributed by atoms with E-state index in [9.17, 15) is 18.0 Å². The third-order valence-corrected chi connectivity index (χ3v) is 8.62. The lowest BCUT2D eigenvalue weighted by Gasteiger charge is -2.31. The minimum Gasteiger partial charge on any atom is -0.455 e. The van der Waals surface area contributed by atoms with Crippen molar-refractivity contribution in [1.82, 2.24) is 4.31 Å². The number of carbonyl (C=O) groups is 2. The Morgan fingerprint density at radius 3 is 2.12 bits per heavy atom. The summed E-state index contributed by atoms with van der Waals surface area (Å²) in [5.74, 6) is -1.30. The summed E-state index contributed by atoms with van der Waals surface area (Å²) in [7, 11) is -3.66. The van der Waals surface area contributed by atoms with Crippen molar-refractivity contribution in [3.05, 3.63) is 58.1 Å². The number of nitrogens with one attached hydrogen (secondary N) is 1. The molecule has 0 unspecified atom stereocenters. The van der Waals surface area contributed by atoms with Gasteiger partial charge in [0.2, 0.25) is 10.0 Å². The summed E-state index contributed by atoms with van der Waals surface area (Å²) >= 11 is 0. The Kier molecular flexibility index (Phi) is 7.59. The highest BCUT2D eigenvalue weighted by Crippen LogP contribution is 2.31. The van der Waals surface area contributed by atoms with Gasteiger partial charge in [0, 0.05) is 18.8 Å². The van der Waals surface area contributed by atoms with Gasteiger partial charge in [-0.05, 0) is 81.3 Å². The van der Waals surface area contributed by atoms with Gasteiger partial charge in [-0.15, -0.1) is 0 Å². The molecule has 2 aromatic rings. The summed E-state index contributed by atoms with van der Waals surface area (Å²) in [6.07, 6.45) is 0.723. The fourth-order valence-corrected chi connectivity index (χ4v) is 6.23. The van der Waals surface area contributed by atoms with Crippen molar-refractivity contribution >= 4 is 27.6 Å². The molecule has 1 fully saturated rings. The van der Waals surface area contributed by atoms with Crippen LogP contribution in [-0.4, -0.2) is 44.3 Å². The number of aryl methyl sites for hydroxylation is 3. The van der Waals surface area contributed by atoms with Crippen LogP contribution in [0.2, 0.25) is 0 Å². The van der Waals surface area contributed by atoms with E-state index in [-0.39, 0.29) is 19.7 Å². The van der Waals surface area contributed by atoms with Crippen LogP contribution in [0.5, 0.6) is 0 Å². The molecule has 7 nitrogen and oxygen atoms in total. The molecule has 3 rings (SSSR count). The summed E-state index contributed by atoms with van der Waals surface area (Å²) in [6.45, 7) is 9.49. The molecule has 1 aliphatic heterocycles. The number of ether oxygens (including phenoxy) is 1. The first kappa shape index (κ1) is 24.9. The number of piperidine rings is 1. The number of esters is 1. The van der Waals surface area contributed by atoms with E-state index in [0.29, 0.717) is 23.4 Å². The Labute approximate surface area is 196 Å². The number of hydrogen-bond acceptors (Lipinski definition) is 5. The number of rotatable bonds is 6. The molecular weight excluding hydrogens is 440 g/mol. The molecule has 0 spiro atoms. The van der Waals surface area contributed by atoms with Crippen LogP contribution in [0.1, 0.15) is 40.7 Å². The Hall–Kier alpha value is -2.71. The molecule has 0 bridgehead atoms. The highest BCUT2D eigenvalue weighted by atomic mass is 32.2. The minimum atomic E-state index is -3.66. The lowest BCUT2D eigenvalue weighted by Crippen LogP contribution is -2.41. The molecule has 8 heteroatoms. The summed E-state index contributed by atoms with van der Waals surface area (Å²) in [6, 6.07) is 9.36. The van der Waals surface area contributed by atoms with Gasteiger partial charge in [-0.25, -0.2) is 8.42 Å². The van der Waals surface area contributed by atoms with Crippen molar-refractivity contribution in [3.63, 3.8) is 0 Å². The standard InChI is InChI=1S/C25H32N2O5S/c1-16-8-6-7-9-22(16)26-23(28)15-32-25(29)21-10-12-27(13-11-21)33(30,31)24-19(4)17(2)14-18(3)20(24)5/h6-9,14,21H,10-13,15H2,1-5H3,(H,26,28). The predicted octanol–water partition coefficient (Wildman–Crippen LogP) is 3.81. The van der Waals surface area contributed by atoms with Crippen molar-refractivity contribution in [2.75, 3.05) is 25.0 Å². The number of amides is 1. The van der Waals surface area contributed by atoms with E-state index in [0.717, 1.165) is 27.8 Å². The van der Waals surface area contributed by atoms with Gasteiger partial charge in [0.25, 0.3) is 5.91 Å². The van der Waals surface area contributed by atoms with E-state index in [1.807, 2.05) is 58.9 Å². The molecule has 1 amide bonds. The van der Waals surface area contributed by atoms with Crippen LogP contribution in [0.4, 0.5) is 5.69 Å². The van der Waals surface area contributed by atoms with Gasteiger partial charge in [0.05, 0.1) is 10.8 Å². The average Bonchev–Trinajstić information content (AvgIpc) is 2.78. The molecule has 1 aliphatic rings. The lowest BCUT2D eigenvalue weighted by molar-refractivity contribution is -0.152. The Bertz CT molecular complexity index is 1140. The normalized spacial score (nSPS) is 15.3. The molecule has 1 N–H and O–H groups in total. The number of sulfonamides is 1. The number of carbonyl (C=O) groups excluding carboxylic acids is 2. The van der Waals surface area contributed by atoms with E-state index < -0.39 is 27.8 Å². The van der Waals surface area contributed by atoms with E-state index in [1.54, 1.807) is 6.07 Å². The van der Waals surface area contributed by atoms with Crippen LogP contribution in [0, 0.1) is 40.5 Å². The first-order valence-corrected chi connectivity index (χ1v) is 12.6. The second-order valence-corrected chi connectivity index (χ2v) is 10.6. The number of para-hydroxylation sites is 1. The van der Waals surface area contributed by atoms with Crippen LogP contribution in [-0.2, 0) is 24.3 Å². The van der Waals surface area contributed by atoms with Crippen molar-refractivity contribution < 1.29 is 22.7 Å². The fourth-order valence-electron chi connectivity index (χ4n) is 4.18. The largest absolute Gasteiger partial charge is 0.455 e. The molecule has 1 heterocycles. The Balaban J connectivity index is 1.58. The SMILES string of the molecule is Cc1ccccc1NC(=O)COC(=O)C1CCN(S(=O)(=O)c2c(C)c(C)cc(C)c2C)CC1. The van der Waals surface area contributed by atoms with Crippen LogP contribution in [0.3, 0.4) is 0 Å². The van der Waals surface area contributed by atoms with Crippen LogP contribution in [0.15, 0.2) is 35.2 Å². The van der Waals surface area contributed by atoms with Crippen molar-refractivity contribution in [1.29, 1.82) is 0 Å². The number of anilines is 1. The highest BCUT2D eigenvalue weighted by Gasteiger charge is 2.35. The topological polar surface area (TPSA) is 92.8 Å². The summed E-state index contributed by atoms with van der Waals surface area (Å²) in [5, 5.41) is 2.73. The zero-order chi connectivity index (χ0) is 24.3. The van der Waals surface area contributed by atoms with Crippen molar-refractivity contribution in [2.45, 2.75) is 52.4 Å². The third-order valence-electron chi connectivity index (χ3n) is 6.45. The maximum Gasteiger partial charge on any atom is 0.309 e. The maximum atomic E-state index is 13.4. The van der Waals surface area contributed by atoms with E-state index in [1.165, 1.54) is 4.31 Å². The zero-order valence-corrected chi connectivity index (χ0v) is 20.7. The average molecular weight is 473 g/mol. The van der Waals surface area contributed by atoms with Gasteiger partial charge in [0.1, 0.15) is 0 Å². The number of nitrogens with zero attached hydrogens (tertiary/aromatic N) is 1. The van der Waals surface area contributed by atoms with Crippen LogP contribution >= 0.6 is 0 Å². The van der Waals surface area contributed by atoms with E-state index in [2.05, 4.69) is 5.32 Å². The fraction of sp³-hybridized carbons (Fsp3) is 0.440. The second-order valence-electron chi connectivity index (χ2n) is 8.74. The highest BCUT2D eigenvalue weighted by molar-refractivity contribution is 7.89. The Morgan fingerprint density at radius 2 is 1.55 bits per heavy atom. The Morgan fingerprint density at radius 1 is 0.970 bits per heavy atom. The summed E-state index contributed by atoms with van der Waals surface area (Å²) in [5.41, 5.74) is 5.01. The zero-order valence-electron chi connectivity index (χ0n) is 19.9. The monoisotopic (exact) mass is 472 g/mol. The smallest absolute Gasteiger partial charge is 0.309 e. The first-order chi connectivity index (χ1) is 15.5. The molecule has 33 heavy (non-hydrogen) atoms. The molecule has 0 radical (unpaired) electrons.